The summed E-state index contributed by atoms with van der Waals surface area (Å²) in [6, 6.07) is 8.43. The molecule has 0 saturated heterocycles. The lowest BCUT2D eigenvalue weighted by Gasteiger charge is -2.11. The average Bonchev–Trinajstić information content (AvgIpc) is 2.90. The van der Waals surface area contributed by atoms with Crippen molar-refractivity contribution < 1.29 is 14.6 Å². The number of benzene rings is 1. The minimum absolute atomic E-state index is 0.0532. The number of carboxylic acids is 1. The summed E-state index contributed by atoms with van der Waals surface area (Å²) in [5.41, 5.74) is 7.01. The molecule has 8 nitrogen and oxygen atoms in total. The summed E-state index contributed by atoms with van der Waals surface area (Å²) < 4.78 is 6.53. The van der Waals surface area contributed by atoms with Gasteiger partial charge in [0, 0.05) is 0 Å². The minimum Gasteiger partial charge on any atom is -0.479 e. The Morgan fingerprint density at radius 2 is 2.14 bits per heavy atom. The van der Waals surface area contributed by atoms with Crippen LogP contribution in [0.15, 0.2) is 30.3 Å². The fraction of sp³-hybridized carbons (Fsp3) is 0.0769. The van der Waals surface area contributed by atoms with Gasteiger partial charge in [0.1, 0.15) is 17.0 Å². The van der Waals surface area contributed by atoms with E-state index in [-0.39, 0.29) is 22.9 Å². The zero-order valence-electron chi connectivity index (χ0n) is 11.0. The zero-order valence-corrected chi connectivity index (χ0v) is 11.0. The zero-order chi connectivity index (χ0) is 15.0. The summed E-state index contributed by atoms with van der Waals surface area (Å²) >= 11 is 0. The molecule has 0 fully saturated rings. The lowest BCUT2D eigenvalue weighted by molar-refractivity contribution is 0.0696. The Bertz CT molecular complexity index is 843. The highest BCUT2D eigenvalue weighted by atomic mass is 16.5. The van der Waals surface area contributed by atoms with Crippen molar-refractivity contribution in [2.75, 3.05) is 12.8 Å². The minimum atomic E-state index is -1.16. The predicted octanol–water partition coefficient (Wildman–Crippen LogP) is 1.10. The van der Waals surface area contributed by atoms with E-state index < -0.39 is 5.97 Å². The van der Waals surface area contributed by atoms with E-state index in [1.165, 1.54) is 17.9 Å². The van der Waals surface area contributed by atoms with E-state index in [9.17, 15) is 9.90 Å². The number of hydrogen-bond acceptors (Lipinski definition) is 6. The van der Waals surface area contributed by atoms with E-state index in [1.807, 2.05) is 6.07 Å². The van der Waals surface area contributed by atoms with Crippen LogP contribution in [0.4, 0.5) is 5.82 Å². The molecule has 0 aliphatic rings. The topological polar surface area (TPSA) is 116 Å². The smallest absolute Gasteiger partial charge is 0.338 e. The van der Waals surface area contributed by atoms with Crippen molar-refractivity contribution in [2.24, 2.45) is 0 Å². The van der Waals surface area contributed by atoms with E-state index in [4.69, 9.17) is 10.5 Å². The van der Waals surface area contributed by atoms with Crippen molar-refractivity contribution in [3.8, 4) is 11.6 Å². The molecular weight excluding hydrogens is 274 g/mol. The molecule has 0 aliphatic carbocycles. The summed E-state index contributed by atoms with van der Waals surface area (Å²) in [6.45, 7) is 0. The Morgan fingerprint density at radius 1 is 1.38 bits per heavy atom. The number of carboxylic acid groups (broad SMARTS) is 1. The van der Waals surface area contributed by atoms with Gasteiger partial charge in [0.2, 0.25) is 5.88 Å². The van der Waals surface area contributed by atoms with Gasteiger partial charge < -0.3 is 15.6 Å². The Hall–Kier alpha value is -3.16. The van der Waals surface area contributed by atoms with Crippen LogP contribution in [0.5, 0.6) is 5.88 Å². The second kappa shape index (κ2) is 4.75. The number of nitrogens with zero attached hydrogens (tertiary/aromatic N) is 4. The van der Waals surface area contributed by atoms with Crippen LogP contribution >= 0.6 is 0 Å². The van der Waals surface area contributed by atoms with Crippen molar-refractivity contribution in [1.82, 2.24) is 20.0 Å². The van der Waals surface area contributed by atoms with Gasteiger partial charge in [-0.1, -0.05) is 17.3 Å². The van der Waals surface area contributed by atoms with Crippen LogP contribution in [0.25, 0.3) is 16.7 Å². The van der Waals surface area contributed by atoms with Crippen molar-refractivity contribution in [3.63, 3.8) is 0 Å². The maximum Gasteiger partial charge on any atom is 0.338 e. The van der Waals surface area contributed by atoms with Gasteiger partial charge in [0.05, 0.1) is 18.2 Å². The molecule has 1 aromatic carbocycles. The molecule has 0 aliphatic heterocycles. The number of aromatic nitrogens is 4. The number of fused-ring (bicyclic) bond motifs is 1. The van der Waals surface area contributed by atoms with Gasteiger partial charge in [-0.05, 0) is 18.2 Å². The number of rotatable bonds is 3. The van der Waals surface area contributed by atoms with E-state index in [0.717, 1.165) is 0 Å². The van der Waals surface area contributed by atoms with Crippen LogP contribution in [0.1, 0.15) is 10.4 Å². The number of anilines is 1. The van der Waals surface area contributed by atoms with Gasteiger partial charge in [0.15, 0.2) is 0 Å². The Kier molecular flexibility index (Phi) is 2.90. The van der Waals surface area contributed by atoms with E-state index >= 15 is 0 Å². The first-order valence-electron chi connectivity index (χ1n) is 6.00. The van der Waals surface area contributed by atoms with Gasteiger partial charge in [-0.3, -0.25) is 0 Å². The van der Waals surface area contributed by atoms with Crippen LogP contribution in [-0.2, 0) is 0 Å². The fourth-order valence-corrected chi connectivity index (χ4v) is 2.08. The summed E-state index contributed by atoms with van der Waals surface area (Å²) in [7, 11) is 1.38. The highest BCUT2D eigenvalue weighted by Gasteiger charge is 2.22. The second-order valence-electron chi connectivity index (χ2n) is 4.25. The van der Waals surface area contributed by atoms with Crippen LogP contribution in [-0.4, -0.2) is 38.2 Å². The first-order valence-corrected chi connectivity index (χ1v) is 6.00. The maximum absolute atomic E-state index is 11.5. The molecule has 106 valence electrons. The first-order chi connectivity index (χ1) is 10.1. The summed E-state index contributed by atoms with van der Waals surface area (Å²) in [4.78, 5) is 15.5. The summed E-state index contributed by atoms with van der Waals surface area (Å²) in [5.74, 6) is -1.03. The molecule has 21 heavy (non-hydrogen) atoms. The van der Waals surface area contributed by atoms with Crippen LogP contribution in [0.3, 0.4) is 0 Å². The van der Waals surface area contributed by atoms with Gasteiger partial charge in [-0.15, -0.1) is 5.10 Å². The lowest BCUT2D eigenvalue weighted by Crippen LogP contribution is -2.11. The average molecular weight is 285 g/mol. The molecule has 8 heteroatoms. The molecule has 0 atom stereocenters. The number of hydrogen-bond donors (Lipinski definition) is 2. The maximum atomic E-state index is 11.5. The number of methoxy groups -OCH3 is 1. The number of nitrogen functional groups attached to an aromatic ring is 1. The van der Waals surface area contributed by atoms with Gasteiger partial charge in [-0.2, -0.15) is 4.98 Å². The molecule has 0 saturated carbocycles. The summed E-state index contributed by atoms with van der Waals surface area (Å²) in [5, 5.41) is 17.4. The SMILES string of the molecule is COc1nc(N)cc(C(=O)O)c1-n1nnc2ccccc21. The van der Waals surface area contributed by atoms with Crippen LogP contribution < -0.4 is 10.5 Å². The second-order valence-corrected chi connectivity index (χ2v) is 4.25. The molecule has 2 aromatic heterocycles. The number of carbonyl (C=O) groups is 1. The van der Waals surface area contributed by atoms with Crippen molar-refractivity contribution in [2.45, 2.75) is 0 Å². The number of ether oxygens (including phenoxy) is 1. The Morgan fingerprint density at radius 3 is 2.86 bits per heavy atom. The number of aromatic carboxylic acids is 1. The van der Waals surface area contributed by atoms with Crippen molar-refractivity contribution in [1.29, 1.82) is 0 Å². The largest absolute Gasteiger partial charge is 0.479 e. The fourth-order valence-electron chi connectivity index (χ4n) is 2.08. The molecule has 0 spiro atoms. The van der Waals surface area contributed by atoms with Crippen molar-refractivity contribution >= 4 is 22.8 Å². The number of pyridine rings is 1. The van der Waals surface area contributed by atoms with Crippen LogP contribution in [0.2, 0.25) is 0 Å². The Balaban J connectivity index is 2.38. The monoisotopic (exact) mass is 285 g/mol. The third kappa shape index (κ3) is 2.02. The standard InChI is InChI=1S/C13H11N5O3/c1-21-12-11(7(13(19)20)6-10(14)15-12)18-9-5-3-2-4-8(9)16-17-18/h2-6H,1H3,(H2,14,15)(H,19,20). The molecule has 0 radical (unpaired) electrons. The van der Waals surface area contributed by atoms with Gasteiger partial charge in [-0.25, -0.2) is 9.48 Å². The van der Waals surface area contributed by atoms with Crippen molar-refractivity contribution in [3.05, 3.63) is 35.9 Å². The molecule has 3 rings (SSSR count). The number of nitrogens with two attached hydrogens (primary N) is 1. The highest BCUT2D eigenvalue weighted by molar-refractivity contribution is 5.94. The molecular formula is C13H11N5O3. The van der Waals surface area contributed by atoms with Crippen LogP contribution in [0, 0.1) is 0 Å². The molecule has 3 N–H and O–H groups in total. The highest BCUT2D eigenvalue weighted by Crippen LogP contribution is 2.28. The molecule has 0 bridgehead atoms. The molecule has 2 heterocycles. The van der Waals surface area contributed by atoms with Gasteiger partial charge >= 0.3 is 5.97 Å². The normalized spacial score (nSPS) is 10.7. The van der Waals surface area contributed by atoms with E-state index in [0.29, 0.717) is 11.0 Å². The molecule has 3 aromatic rings. The van der Waals surface area contributed by atoms with E-state index in [1.54, 1.807) is 18.2 Å². The summed E-state index contributed by atoms with van der Waals surface area (Å²) in [6.07, 6.45) is 0. The molecule has 0 unspecified atom stereocenters. The Labute approximate surface area is 118 Å². The molecule has 0 amide bonds. The van der Waals surface area contributed by atoms with Gasteiger partial charge in [0.25, 0.3) is 0 Å². The van der Waals surface area contributed by atoms with E-state index in [2.05, 4.69) is 15.3 Å². The predicted molar refractivity (Wildman–Crippen MR) is 74.6 cm³/mol. The third-order valence-corrected chi connectivity index (χ3v) is 2.97. The third-order valence-electron chi connectivity index (χ3n) is 2.97. The quantitative estimate of drug-likeness (QED) is 0.740. The lowest BCUT2D eigenvalue weighted by atomic mass is 10.2. The number of para-hydroxylation sites is 1. The first kappa shape index (κ1) is 12.9.